The van der Waals surface area contributed by atoms with Crippen molar-refractivity contribution in [2.75, 3.05) is 11.9 Å². The molecule has 1 aliphatic rings. The Labute approximate surface area is 167 Å². The summed E-state index contributed by atoms with van der Waals surface area (Å²) in [6, 6.07) is 14.0. The molecule has 1 N–H and O–H groups in total. The summed E-state index contributed by atoms with van der Waals surface area (Å²) in [7, 11) is 0. The Morgan fingerprint density at radius 3 is 2.55 bits per heavy atom. The number of anilines is 1. The maximum atomic E-state index is 12.9. The zero-order valence-corrected chi connectivity index (χ0v) is 16.0. The monoisotopic (exact) mass is 388 g/mol. The molecule has 2 aromatic carbocycles. The van der Waals surface area contributed by atoms with Crippen LogP contribution < -0.4 is 5.32 Å². The van der Waals surface area contributed by atoms with Crippen LogP contribution in [0.25, 0.3) is 10.9 Å². The fraction of sp³-hybridized carbons (Fsp3) is 0.217. The lowest BCUT2D eigenvalue weighted by Crippen LogP contribution is -2.16. The first-order valence-electron chi connectivity index (χ1n) is 9.51. The molecule has 6 heteroatoms. The van der Waals surface area contributed by atoms with Gasteiger partial charge in [-0.15, -0.1) is 0 Å². The van der Waals surface area contributed by atoms with Gasteiger partial charge >= 0.3 is 5.97 Å². The number of fused-ring (bicyclic) bond motifs is 2. The molecule has 6 nitrogen and oxygen atoms in total. The van der Waals surface area contributed by atoms with Crippen LogP contribution >= 0.6 is 0 Å². The number of hydrogen-bond donors (Lipinski definition) is 1. The summed E-state index contributed by atoms with van der Waals surface area (Å²) in [5.74, 6) is -0.984. The number of para-hydroxylation sites is 1. The van der Waals surface area contributed by atoms with Crippen molar-refractivity contribution in [1.29, 1.82) is 0 Å². The molecule has 0 unspecified atom stereocenters. The number of carbonyl (C=O) groups is 3. The third-order valence-corrected chi connectivity index (χ3v) is 4.99. The molecule has 0 radical (unpaired) electrons. The van der Waals surface area contributed by atoms with E-state index in [0.717, 1.165) is 41.4 Å². The van der Waals surface area contributed by atoms with Gasteiger partial charge in [-0.2, -0.15) is 0 Å². The number of hydrogen-bond acceptors (Lipinski definition) is 5. The average Bonchev–Trinajstić information content (AvgIpc) is 3.18. The topological polar surface area (TPSA) is 85.4 Å². The Hall–Kier alpha value is -3.54. The molecule has 0 aliphatic heterocycles. The van der Waals surface area contributed by atoms with E-state index in [-0.39, 0.29) is 18.3 Å². The number of ketones is 1. The minimum Gasteiger partial charge on any atom is -0.454 e. The van der Waals surface area contributed by atoms with E-state index in [0.29, 0.717) is 16.8 Å². The Kier molecular flexibility index (Phi) is 5.08. The van der Waals surface area contributed by atoms with Crippen molar-refractivity contribution in [2.45, 2.75) is 26.2 Å². The lowest BCUT2D eigenvalue weighted by Gasteiger charge is -2.12. The SMILES string of the molecule is CC(=O)Nc1ccc(C(=O)COC(=O)c2c3c(nc4ccccc24)CCC3)cc1. The minimum atomic E-state index is -0.495. The summed E-state index contributed by atoms with van der Waals surface area (Å²) in [6.45, 7) is 1.07. The number of nitrogens with one attached hydrogen (secondary N) is 1. The lowest BCUT2D eigenvalue weighted by molar-refractivity contribution is -0.114. The van der Waals surface area contributed by atoms with Crippen LogP contribution in [-0.4, -0.2) is 29.3 Å². The summed E-state index contributed by atoms with van der Waals surface area (Å²) in [4.78, 5) is 41.1. The Balaban J connectivity index is 1.52. The van der Waals surface area contributed by atoms with Gasteiger partial charge in [-0.1, -0.05) is 18.2 Å². The molecule has 29 heavy (non-hydrogen) atoms. The van der Waals surface area contributed by atoms with Crippen molar-refractivity contribution in [3.05, 3.63) is 70.9 Å². The molecule has 1 aliphatic carbocycles. The van der Waals surface area contributed by atoms with E-state index in [9.17, 15) is 14.4 Å². The normalized spacial score (nSPS) is 12.4. The van der Waals surface area contributed by atoms with Crippen LogP contribution in [0.3, 0.4) is 0 Å². The maximum absolute atomic E-state index is 12.9. The van der Waals surface area contributed by atoms with E-state index in [4.69, 9.17) is 4.74 Å². The molecule has 1 heterocycles. The summed E-state index contributed by atoms with van der Waals surface area (Å²) in [5.41, 5.74) is 4.18. The van der Waals surface area contributed by atoms with Crippen molar-refractivity contribution in [2.24, 2.45) is 0 Å². The second-order valence-corrected chi connectivity index (χ2v) is 7.04. The molecule has 1 aromatic heterocycles. The highest BCUT2D eigenvalue weighted by molar-refractivity contribution is 6.06. The summed E-state index contributed by atoms with van der Waals surface area (Å²) in [5, 5.41) is 3.40. The van der Waals surface area contributed by atoms with Gasteiger partial charge in [0, 0.05) is 29.3 Å². The van der Waals surface area contributed by atoms with Crippen molar-refractivity contribution in [3.8, 4) is 0 Å². The Morgan fingerprint density at radius 2 is 1.79 bits per heavy atom. The highest BCUT2D eigenvalue weighted by Crippen LogP contribution is 2.30. The van der Waals surface area contributed by atoms with Gasteiger partial charge in [0.25, 0.3) is 0 Å². The molecule has 0 fully saturated rings. The van der Waals surface area contributed by atoms with Crippen molar-refractivity contribution >= 4 is 34.3 Å². The zero-order chi connectivity index (χ0) is 20.4. The highest BCUT2D eigenvalue weighted by Gasteiger charge is 2.25. The number of carbonyl (C=O) groups excluding carboxylic acids is 3. The fourth-order valence-corrected chi connectivity index (χ4v) is 3.67. The largest absolute Gasteiger partial charge is 0.454 e. The van der Waals surface area contributed by atoms with Crippen molar-refractivity contribution in [1.82, 2.24) is 4.98 Å². The summed E-state index contributed by atoms with van der Waals surface area (Å²) >= 11 is 0. The molecular formula is C23H20N2O4. The first-order chi connectivity index (χ1) is 14.0. The number of benzene rings is 2. The van der Waals surface area contributed by atoms with E-state index >= 15 is 0 Å². The van der Waals surface area contributed by atoms with Crippen LogP contribution in [0.2, 0.25) is 0 Å². The predicted octanol–water partition coefficient (Wildman–Crippen LogP) is 3.72. The molecule has 0 saturated heterocycles. The highest BCUT2D eigenvalue weighted by atomic mass is 16.5. The van der Waals surface area contributed by atoms with E-state index in [1.807, 2.05) is 24.3 Å². The standard InChI is InChI=1S/C23H20N2O4/c1-14(26)24-16-11-9-15(10-12-16)21(27)13-29-23(28)22-17-5-2-3-7-19(17)25-20-8-4-6-18(20)22/h2-3,5,7,9-12H,4,6,8,13H2,1H3,(H,24,26). The second-order valence-electron chi connectivity index (χ2n) is 7.04. The number of Topliss-reactive ketones (excluding diaryl/α,β-unsaturated/α-hetero) is 1. The number of aryl methyl sites for hydroxylation is 1. The zero-order valence-electron chi connectivity index (χ0n) is 16.0. The first-order valence-corrected chi connectivity index (χ1v) is 9.51. The Bertz CT molecular complexity index is 1120. The number of rotatable bonds is 5. The van der Waals surface area contributed by atoms with Crippen LogP contribution in [0.1, 0.15) is 45.3 Å². The molecular weight excluding hydrogens is 368 g/mol. The van der Waals surface area contributed by atoms with Gasteiger partial charge in [0.1, 0.15) is 0 Å². The summed E-state index contributed by atoms with van der Waals surface area (Å²) in [6.07, 6.45) is 2.59. The maximum Gasteiger partial charge on any atom is 0.339 e. The van der Waals surface area contributed by atoms with Crippen molar-refractivity contribution in [3.63, 3.8) is 0 Å². The third-order valence-electron chi connectivity index (χ3n) is 4.99. The van der Waals surface area contributed by atoms with Gasteiger partial charge in [-0.05, 0) is 55.2 Å². The van der Waals surface area contributed by atoms with Gasteiger partial charge in [0.2, 0.25) is 5.91 Å². The third kappa shape index (κ3) is 3.87. The van der Waals surface area contributed by atoms with Crippen LogP contribution in [0.15, 0.2) is 48.5 Å². The molecule has 146 valence electrons. The van der Waals surface area contributed by atoms with E-state index in [2.05, 4.69) is 10.3 Å². The number of pyridine rings is 1. The van der Waals surface area contributed by atoms with E-state index < -0.39 is 5.97 Å². The molecule has 3 aromatic rings. The van der Waals surface area contributed by atoms with Crippen LogP contribution in [0.4, 0.5) is 5.69 Å². The number of nitrogens with zero attached hydrogens (tertiary/aromatic N) is 1. The number of ether oxygens (including phenoxy) is 1. The lowest BCUT2D eigenvalue weighted by atomic mass is 10.0. The number of esters is 1. The van der Waals surface area contributed by atoms with Gasteiger partial charge in [0.15, 0.2) is 12.4 Å². The van der Waals surface area contributed by atoms with Gasteiger partial charge in [-0.25, -0.2) is 4.79 Å². The first kappa shape index (κ1) is 18.8. The second kappa shape index (κ2) is 7.83. The number of amides is 1. The van der Waals surface area contributed by atoms with E-state index in [1.54, 1.807) is 24.3 Å². The average molecular weight is 388 g/mol. The van der Waals surface area contributed by atoms with Crippen LogP contribution in [-0.2, 0) is 22.4 Å². The van der Waals surface area contributed by atoms with Crippen LogP contribution in [0.5, 0.6) is 0 Å². The minimum absolute atomic E-state index is 0.185. The smallest absolute Gasteiger partial charge is 0.339 e. The van der Waals surface area contributed by atoms with Gasteiger partial charge < -0.3 is 10.1 Å². The van der Waals surface area contributed by atoms with Crippen LogP contribution in [0, 0.1) is 0 Å². The molecule has 0 bridgehead atoms. The molecule has 0 spiro atoms. The quantitative estimate of drug-likeness (QED) is 0.532. The summed E-state index contributed by atoms with van der Waals surface area (Å²) < 4.78 is 5.39. The predicted molar refractivity (Wildman–Crippen MR) is 109 cm³/mol. The van der Waals surface area contributed by atoms with Gasteiger partial charge in [-0.3, -0.25) is 14.6 Å². The van der Waals surface area contributed by atoms with E-state index in [1.165, 1.54) is 6.92 Å². The molecule has 4 rings (SSSR count). The molecule has 0 saturated carbocycles. The molecule has 1 amide bonds. The molecule has 0 atom stereocenters. The van der Waals surface area contributed by atoms with Crippen molar-refractivity contribution < 1.29 is 19.1 Å². The fourth-order valence-electron chi connectivity index (χ4n) is 3.67. The number of aromatic nitrogens is 1. The Morgan fingerprint density at radius 1 is 1.03 bits per heavy atom. The van der Waals surface area contributed by atoms with Gasteiger partial charge in [0.05, 0.1) is 11.1 Å².